The van der Waals surface area contributed by atoms with Crippen molar-refractivity contribution in [1.82, 2.24) is 20.7 Å². The van der Waals surface area contributed by atoms with E-state index >= 15 is 0 Å². The number of rotatable bonds is 5. The summed E-state index contributed by atoms with van der Waals surface area (Å²) in [5, 5.41) is 24.7. The minimum Gasteiger partial charge on any atom is -0.338 e. The van der Waals surface area contributed by atoms with Crippen LogP contribution in [0.2, 0.25) is 0 Å². The largest absolute Gasteiger partial charge is 0.338 e. The van der Waals surface area contributed by atoms with E-state index in [1.807, 2.05) is 30.3 Å². The van der Waals surface area contributed by atoms with Gasteiger partial charge in [0.1, 0.15) is 6.54 Å². The number of aromatic nitrogens is 1. The van der Waals surface area contributed by atoms with Crippen molar-refractivity contribution in [3.05, 3.63) is 80.5 Å². The molecule has 0 aliphatic rings. The number of thiocarbonyl (C=S) groups is 1. The van der Waals surface area contributed by atoms with Gasteiger partial charge in [-0.05, 0) is 29.7 Å². The highest BCUT2D eigenvalue weighted by Gasteiger charge is 2.20. The van der Waals surface area contributed by atoms with Gasteiger partial charge in [0, 0.05) is 23.8 Å². The summed E-state index contributed by atoms with van der Waals surface area (Å²) in [6.45, 7) is -0.0197. The highest BCUT2D eigenvalue weighted by Crippen LogP contribution is 2.22. The van der Waals surface area contributed by atoms with E-state index < -0.39 is 33.0 Å². The number of hydrogen-bond acceptors (Lipinski definition) is 7. The van der Waals surface area contributed by atoms with E-state index in [4.69, 9.17) is 12.2 Å². The second-order valence-corrected chi connectivity index (χ2v) is 6.62. The van der Waals surface area contributed by atoms with E-state index in [0.29, 0.717) is 0 Å². The maximum Gasteiger partial charge on any atom is 0.277 e. The van der Waals surface area contributed by atoms with Gasteiger partial charge in [0.25, 0.3) is 23.2 Å². The van der Waals surface area contributed by atoms with Crippen LogP contribution in [-0.2, 0) is 11.3 Å². The van der Waals surface area contributed by atoms with E-state index in [0.717, 1.165) is 29.1 Å². The Labute approximate surface area is 179 Å². The van der Waals surface area contributed by atoms with Crippen molar-refractivity contribution in [3.63, 3.8) is 0 Å². The summed E-state index contributed by atoms with van der Waals surface area (Å²) in [4.78, 5) is 44.5. The summed E-state index contributed by atoms with van der Waals surface area (Å²) in [5.41, 5.74) is 3.94. The summed E-state index contributed by atoms with van der Waals surface area (Å²) in [5.74, 6) is -1.38. The van der Waals surface area contributed by atoms with Crippen LogP contribution in [0.25, 0.3) is 10.9 Å². The molecule has 0 radical (unpaired) electrons. The lowest BCUT2D eigenvalue weighted by Crippen LogP contribution is -2.49. The number of hydrazine groups is 1. The SMILES string of the molecule is O=C(Cn1ccc2ccccc21)NNC(=S)NC(=O)c1cc([N+](=O)[O-])cc([N+](=O)[O-])c1. The first-order valence-corrected chi connectivity index (χ1v) is 9.03. The minimum absolute atomic E-state index is 0.0197. The van der Waals surface area contributed by atoms with Crippen LogP contribution in [0, 0.1) is 20.2 Å². The number of fused-ring (bicyclic) bond motifs is 1. The molecule has 12 nitrogen and oxygen atoms in total. The second-order valence-electron chi connectivity index (χ2n) is 6.21. The Balaban J connectivity index is 1.59. The first-order valence-electron chi connectivity index (χ1n) is 8.62. The summed E-state index contributed by atoms with van der Waals surface area (Å²) >= 11 is 4.91. The molecule has 0 fully saturated rings. The first kappa shape index (κ1) is 21.3. The fraction of sp³-hybridized carbons (Fsp3) is 0.0556. The maximum absolute atomic E-state index is 12.3. The number of nitro benzene ring substituents is 2. The molecule has 0 saturated carbocycles. The fourth-order valence-corrected chi connectivity index (χ4v) is 2.89. The van der Waals surface area contributed by atoms with Crippen molar-refractivity contribution in [2.75, 3.05) is 0 Å². The zero-order valence-corrected chi connectivity index (χ0v) is 16.4. The fourth-order valence-electron chi connectivity index (χ4n) is 2.74. The Kier molecular flexibility index (Phi) is 6.16. The minimum atomic E-state index is -0.921. The van der Waals surface area contributed by atoms with E-state index in [1.165, 1.54) is 0 Å². The molecular weight excluding hydrogens is 428 g/mol. The van der Waals surface area contributed by atoms with Crippen LogP contribution in [0.4, 0.5) is 11.4 Å². The summed E-state index contributed by atoms with van der Waals surface area (Å²) in [7, 11) is 0. The Morgan fingerprint density at radius 1 is 0.968 bits per heavy atom. The molecule has 0 aliphatic carbocycles. The van der Waals surface area contributed by atoms with E-state index in [9.17, 15) is 29.8 Å². The highest BCUT2D eigenvalue weighted by atomic mass is 32.1. The summed E-state index contributed by atoms with van der Waals surface area (Å²) in [6.07, 6.45) is 1.75. The van der Waals surface area contributed by atoms with Gasteiger partial charge in [0.15, 0.2) is 5.11 Å². The first-order chi connectivity index (χ1) is 14.7. The number of amides is 2. The Hall–Kier alpha value is -4.39. The van der Waals surface area contributed by atoms with Gasteiger partial charge in [-0.25, -0.2) is 0 Å². The molecule has 2 aromatic carbocycles. The molecule has 13 heteroatoms. The molecule has 3 N–H and O–H groups in total. The van der Waals surface area contributed by atoms with Crippen molar-refractivity contribution < 1.29 is 19.4 Å². The Morgan fingerprint density at radius 3 is 2.26 bits per heavy atom. The molecule has 1 heterocycles. The topological polar surface area (TPSA) is 161 Å². The lowest BCUT2D eigenvalue weighted by molar-refractivity contribution is -0.394. The van der Waals surface area contributed by atoms with Crippen LogP contribution in [0.15, 0.2) is 54.7 Å². The lowest BCUT2D eigenvalue weighted by Gasteiger charge is -2.11. The standard InChI is InChI=1S/C18H14N6O6S/c25-16(10-22-6-5-11-3-1-2-4-15(11)22)20-21-18(31)19-17(26)12-7-13(23(27)28)9-14(8-12)24(29)30/h1-9H,10H2,(H,20,25)(H2,19,21,26,31). The third-order valence-electron chi connectivity index (χ3n) is 4.12. The Morgan fingerprint density at radius 2 is 1.61 bits per heavy atom. The van der Waals surface area contributed by atoms with Gasteiger partial charge in [-0.15, -0.1) is 0 Å². The number of hydrogen-bond donors (Lipinski definition) is 3. The predicted molar refractivity (Wildman–Crippen MR) is 113 cm³/mol. The molecule has 1 aromatic heterocycles. The zero-order chi connectivity index (χ0) is 22.5. The molecule has 0 spiro atoms. The number of nitrogens with one attached hydrogen (secondary N) is 3. The van der Waals surface area contributed by atoms with E-state index in [-0.39, 0.29) is 17.2 Å². The molecule has 158 valence electrons. The van der Waals surface area contributed by atoms with Crippen LogP contribution in [0.1, 0.15) is 10.4 Å². The smallest absolute Gasteiger partial charge is 0.277 e. The molecule has 0 unspecified atom stereocenters. The van der Waals surface area contributed by atoms with Crippen LogP contribution in [0.3, 0.4) is 0 Å². The summed E-state index contributed by atoms with van der Waals surface area (Å²) in [6, 6.07) is 11.8. The van der Waals surface area contributed by atoms with Crippen LogP contribution >= 0.6 is 12.2 Å². The van der Waals surface area contributed by atoms with Crippen LogP contribution < -0.4 is 16.2 Å². The third-order valence-corrected chi connectivity index (χ3v) is 4.33. The number of carbonyl (C=O) groups is 2. The molecule has 0 aliphatic heterocycles. The Bertz CT molecular complexity index is 1190. The second kappa shape index (κ2) is 8.96. The zero-order valence-electron chi connectivity index (χ0n) is 15.6. The average molecular weight is 442 g/mol. The number of carbonyl (C=O) groups excluding carboxylic acids is 2. The predicted octanol–water partition coefficient (Wildman–Crippen LogP) is 1.79. The highest BCUT2D eigenvalue weighted by molar-refractivity contribution is 7.80. The molecular formula is C18H14N6O6S. The van der Waals surface area contributed by atoms with Gasteiger partial charge in [-0.2, -0.15) is 0 Å². The lowest BCUT2D eigenvalue weighted by atomic mass is 10.1. The monoisotopic (exact) mass is 442 g/mol. The number of benzene rings is 2. The molecule has 0 bridgehead atoms. The van der Waals surface area contributed by atoms with Crippen LogP contribution in [0.5, 0.6) is 0 Å². The molecule has 31 heavy (non-hydrogen) atoms. The number of non-ortho nitro benzene ring substituents is 2. The normalized spacial score (nSPS) is 10.3. The quantitative estimate of drug-likeness (QED) is 0.306. The number of nitro groups is 2. The maximum atomic E-state index is 12.3. The molecule has 0 atom stereocenters. The van der Waals surface area contributed by atoms with Crippen molar-refractivity contribution >= 4 is 51.4 Å². The van der Waals surface area contributed by atoms with Crippen molar-refractivity contribution in [2.24, 2.45) is 0 Å². The third kappa shape index (κ3) is 5.16. The van der Waals surface area contributed by atoms with Gasteiger partial charge in [0.2, 0.25) is 0 Å². The van der Waals surface area contributed by atoms with Gasteiger partial charge >= 0.3 is 0 Å². The van der Waals surface area contributed by atoms with Crippen molar-refractivity contribution in [1.29, 1.82) is 0 Å². The van der Waals surface area contributed by atoms with E-state index in [1.54, 1.807) is 10.8 Å². The van der Waals surface area contributed by atoms with E-state index in [2.05, 4.69) is 16.2 Å². The number of nitrogens with zero attached hydrogens (tertiary/aromatic N) is 3. The van der Waals surface area contributed by atoms with Gasteiger partial charge in [-0.1, -0.05) is 18.2 Å². The van der Waals surface area contributed by atoms with Gasteiger partial charge < -0.3 is 4.57 Å². The van der Waals surface area contributed by atoms with Crippen LogP contribution in [-0.4, -0.2) is 31.3 Å². The van der Waals surface area contributed by atoms with Crippen molar-refractivity contribution in [3.8, 4) is 0 Å². The molecule has 3 aromatic rings. The van der Waals surface area contributed by atoms with Gasteiger partial charge in [-0.3, -0.25) is 46.0 Å². The molecule has 2 amide bonds. The number of para-hydroxylation sites is 1. The average Bonchev–Trinajstić information content (AvgIpc) is 3.14. The van der Waals surface area contributed by atoms with Crippen molar-refractivity contribution in [2.45, 2.75) is 6.54 Å². The van der Waals surface area contributed by atoms with Gasteiger partial charge in [0.05, 0.1) is 21.5 Å². The molecule has 0 saturated heterocycles. The molecule has 3 rings (SSSR count). The summed E-state index contributed by atoms with van der Waals surface area (Å²) < 4.78 is 1.72.